The van der Waals surface area contributed by atoms with E-state index in [1.54, 1.807) is 11.3 Å². The van der Waals surface area contributed by atoms with Crippen molar-refractivity contribution < 1.29 is 4.42 Å². The summed E-state index contributed by atoms with van der Waals surface area (Å²) in [7, 11) is 0. The molecule has 0 amide bonds. The molecule has 11 aromatic rings. The molecule has 0 radical (unpaired) electrons. The lowest BCUT2D eigenvalue weighted by Gasteiger charge is -2.26. The molecule has 0 unspecified atom stereocenters. The van der Waals surface area contributed by atoms with Crippen molar-refractivity contribution in [1.82, 2.24) is 4.98 Å². The molecule has 0 spiro atoms. The average molecular weight is 721 g/mol. The number of benzene rings is 9. The minimum absolute atomic E-state index is 0.646. The van der Waals surface area contributed by atoms with E-state index in [1.807, 2.05) is 30.3 Å². The summed E-state index contributed by atoms with van der Waals surface area (Å²) >= 11 is 1.79. The fourth-order valence-corrected chi connectivity index (χ4v) is 9.09. The number of nitrogens with zero attached hydrogens (tertiary/aromatic N) is 2. The van der Waals surface area contributed by atoms with Gasteiger partial charge in [0.1, 0.15) is 5.52 Å². The molecular weight excluding hydrogens is 689 g/mol. The van der Waals surface area contributed by atoms with Crippen molar-refractivity contribution >= 4 is 81.2 Å². The first-order valence-corrected chi connectivity index (χ1v) is 19.3. The molecule has 2 heterocycles. The third-order valence-corrected chi connectivity index (χ3v) is 11.8. The molecule has 11 rings (SSSR count). The van der Waals surface area contributed by atoms with Crippen LogP contribution in [0.25, 0.3) is 86.5 Å². The first kappa shape index (κ1) is 31.5. The summed E-state index contributed by atoms with van der Waals surface area (Å²) in [5.74, 6) is 0.646. The van der Waals surface area contributed by atoms with E-state index in [-0.39, 0.29) is 0 Å². The SMILES string of the molecule is c1ccc(-c2nc3cc4c(cc3o2)sc2cc(N(c3ccc(-c5cccc6ccccc56)cc3)c3cccc(-c5ccc6ccccc6c5)c3)ccc24)cc1. The molecule has 0 saturated heterocycles. The van der Waals surface area contributed by atoms with Crippen LogP contribution in [0.15, 0.2) is 199 Å². The van der Waals surface area contributed by atoms with Crippen LogP contribution in [0.3, 0.4) is 0 Å². The first-order valence-electron chi connectivity index (χ1n) is 18.5. The molecule has 4 heteroatoms. The second-order valence-corrected chi connectivity index (χ2v) is 15.1. The van der Waals surface area contributed by atoms with Gasteiger partial charge >= 0.3 is 0 Å². The number of oxazole rings is 1. The van der Waals surface area contributed by atoms with Crippen molar-refractivity contribution in [3.05, 3.63) is 194 Å². The fraction of sp³-hybridized carbons (Fsp3) is 0. The van der Waals surface area contributed by atoms with E-state index in [1.165, 1.54) is 64.0 Å². The maximum Gasteiger partial charge on any atom is 0.227 e. The van der Waals surface area contributed by atoms with Crippen LogP contribution in [0, 0.1) is 0 Å². The van der Waals surface area contributed by atoms with E-state index < -0.39 is 0 Å². The summed E-state index contributed by atoms with van der Waals surface area (Å²) in [5.41, 5.74) is 10.7. The fourth-order valence-electron chi connectivity index (χ4n) is 7.94. The van der Waals surface area contributed by atoms with Gasteiger partial charge in [0.15, 0.2) is 5.58 Å². The Morgan fingerprint density at radius 3 is 1.96 bits per heavy atom. The maximum atomic E-state index is 6.26. The van der Waals surface area contributed by atoms with Crippen molar-refractivity contribution in [3.8, 4) is 33.7 Å². The number of fused-ring (bicyclic) bond motifs is 6. The summed E-state index contributed by atoms with van der Waals surface area (Å²) < 4.78 is 8.65. The van der Waals surface area contributed by atoms with Crippen LogP contribution in [-0.2, 0) is 0 Å². The van der Waals surface area contributed by atoms with Crippen molar-refractivity contribution in [1.29, 1.82) is 0 Å². The van der Waals surface area contributed by atoms with Gasteiger partial charge < -0.3 is 9.32 Å². The Morgan fingerprint density at radius 1 is 0.400 bits per heavy atom. The van der Waals surface area contributed by atoms with Gasteiger partial charge in [-0.3, -0.25) is 0 Å². The number of hydrogen-bond acceptors (Lipinski definition) is 4. The third kappa shape index (κ3) is 5.54. The monoisotopic (exact) mass is 720 g/mol. The summed E-state index contributed by atoms with van der Waals surface area (Å²) in [6.45, 7) is 0. The van der Waals surface area contributed by atoms with Gasteiger partial charge in [-0.2, -0.15) is 0 Å². The molecule has 0 atom stereocenters. The zero-order chi connectivity index (χ0) is 36.3. The van der Waals surface area contributed by atoms with E-state index in [4.69, 9.17) is 9.40 Å². The van der Waals surface area contributed by atoms with Gasteiger partial charge in [-0.05, 0) is 104 Å². The Morgan fingerprint density at radius 2 is 1.07 bits per heavy atom. The number of aromatic nitrogens is 1. The molecule has 55 heavy (non-hydrogen) atoms. The summed E-state index contributed by atoms with van der Waals surface area (Å²) in [6, 6.07) is 69.5. The van der Waals surface area contributed by atoms with Gasteiger partial charge in [0.2, 0.25) is 5.89 Å². The van der Waals surface area contributed by atoms with Crippen LogP contribution >= 0.6 is 11.3 Å². The Bertz CT molecular complexity index is 3210. The molecule has 0 aliphatic heterocycles. The molecule has 258 valence electrons. The third-order valence-electron chi connectivity index (χ3n) is 10.7. The van der Waals surface area contributed by atoms with Crippen LogP contribution in [0.4, 0.5) is 17.1 Å². The lowest BCUT2D eigenvalue weighted by atomic mass is 9.98. The van der Waals surface area contributed by atoms with Gasteiger partial charge in [0.05, 0.1) is 0 Å². The van der Waals surface area contributed by atoms with Crippen molar-refractivity contribution in [2.45, 2.75) is 0 Å². The van der Waals surface area contributed by atoms with Crippen LogP contribution in [-0.4, -0.2) is 4.98 Å². The molecule has 0 N–H and O–H groups in total. The van der Waals surface area contributed by atoms with Gasteiger partial charge in [0.25, 0.3) is 0 Å². The number of thiophene rings is 1. The van der Waals surface area contributed by atoms with E-state index in [2.05, 4.69) is 169 Å². The smallest absolute Gasteiger partial charge is 0.227 e. The molecule has 0 bridgehead atoms. The van der Waals surface area contributed by atoms with E-state index in [9.17, 15) is 0 Å². The maximum absolute atomic E-state index is 6.26. The van der Waals surface area contributed by atoms with Crippen molar-refractivity contribution in [2.75, 3.05) is 4.90 Å². The minimum atomic E-state index is 0.646. The summed E-state index contributed by atoms with van der Waals surface area (Å²) in [6.07, 6.45) is 0. The Labute approximate surface area is 322 Å². The van der Waals surface area contributed by atoms with Gasteiger partial charge in [-0.25, -0.2) is 4.98 Å². The quantitative estimate of drug-likeness (QED) is 0.171. The van der Waals surface area contributed by atoms with Crippen LogP contribution in [0.2, 0.25) is 0 Å². The van der Waals surface area contributed by atoms with Gasteiger partial charge in [-0.1, -0.05) is 127 Å². The highest BCUT2D eigenvalue weighted by atomic mass is 32.1. The summed E-state index contributed by atoms with van der Waals surface area (Å²) in [5, 5.41) is 7.38. The second-order valence-electron chi connectivity index (χ2n) is 14.0. The second kappa shape index (κ2) is 12.8. The topological polar surface area (TPSA) is 29.3 Å². The standard InChI is InChI=1S/C51H32N2OS/c1-2-12-36(13-3-1)51-52-47-31-46-45-27-26-42(30-49(45)55-50(46)32-48(47)54-51)53(40-24-22-35(23-25-40)44-19-9-15-34-11-6-7-18-43(34)44)41-17-8-16-38(29-41)39-21-20-33-10-4-5-14-37(33)28-39/h1-32H. The van der Waals surface area contributed by atoms with Crippen LogP contribution < -0.4 is 4.90 Å². The molecule has 0 saturated carbocycles. The van der Waals surface area contributed by atoms with Crippen LogP contribution in [0.5, 0.6) is 0 Å². The molecular formula is C51H32N2OS. The number of hydrogen-bond donors (Lipinski definition) is 0. The largest absolute Gasteiger partial charge is 0.436 e. The molecule has 3 nitrogen and oxygen atoms in total. The highest BCUT2D eigenvalue weighted by molar-refractivity contribution is 7.25. The Kier molecular flexibility index (Phi) is 7.35. The van der Waals surface area contributed by atoms with E-state index in [0.29, 0.717) is 5.89 Å². The number of rotatable bonds is 6. The van der Waals surface area contributed by atoms with Gasteiger partial charge in [0, 0.05) is 48.9 Å². The Hall–Kier alpha value is -7.01. The predicted molar refractivity (Wildman–Crippen MR) is 233 cm³/mol. The van der Waals surface area contributed by atoms with E-state index >= 15 is 0 Å². The number of anilines is 3. The first-order chi connectivity index (χ1) is 27.2. The molecule has 0 aliphatic carbocycles. The highest BCUT2D eigenvalue weighted by Crippen LogP contribution is 2.43. The molecule has 2 aromatic heterocycles. The average Bonchev–Trinajstić information content (AvgIpc) is 3.83. The Balaban J connectivity index is 1.03. The predicted octanol–water partition coefficient (Wildman–Crippen LogP) is 15.0. The normalized spacial score (nSPS) is 11.6. The zero-order valence-corrected chi connectivity index (χ0v) is 30.5. The minimum Gasteiger partial charge on any atom is -0.436 e. The lowest BCUT2D eigenvalue weighted by molar-refractivity contribution is 0.620. The lowest BCUT2D eigenvalue weighted by Crippen LogP contribution is -2.10. The molecule has 9 aromatic carbocycles. The van der Waals surface area contributed by atoms with Crippen LogP contribution in [0.1, 0.15) is 0 Å². The molecule has 0 fully saturated rings. The highest BCUT2D eigenvalue weighted by Gasteiger charge is 2.18. The van der Waals surface area contributed by atoms with Crippen molar-refractivity contribution in [3.63, 3.8) is 0 Å². The summed E-state index contributed by atoms with van der Waals surface area (Å²) in [4.78, 5) is 7.25. The van der Waals surface area contributed by atoms with Gasteiger partial charge in [-0.15, -0.1) is 11.3 Å². The molecule has 0 aliphatic rings. The zero-order valence-electron chi connectivity index (χ0n) is 29.7. The van der Waals surface area contributed by atoms with E-state index in [0.717, 1.165) is 33.7 Å². The van der Waals surface area contributed by atoms with Crippen molar-refractivity contribution in [2.24, 2.45) is 0 Å².